The number of aromatic nitrogens is 1. The predicted octanol–water partition coefficient (Wildman–Crippen LogP) is 3.55. The van der Waals surface area contributed by atoms with Gasteiger partial charge in [0.15, 0.2) is 0 Å². The van der Waals surface area contributed by atoms with Crippen LogP contribution in [0.1, 0.15) is 42.1 Å². The highest BCUT2D eigenvalue weighted by Crippen LogP contribution is 2.12. The van der Waals surface area contributed by atoms with Gasteiger partial charge in [-0.15, -0.1) is 0 Å². The third-order valence-corrected chi connectivity index (χ3v) is 3.23. The number of hydrazine groups is 1. The summed E-state index contributed by atoms with van der Waals surface area (Å²) in [5.41, 5.74) is 8.23. The fourth-order valence-corrected chi connectivity index (χ4v) is 2.00. The molecule has 0 saturated carbocycles. The van der Waals surface area contributed by atoms with E-state index in [-0.39, 0.29) is 5.91 Å². The minimum absolute atomic E-state index is 0.203. The van der Waals surface area contributed by atoms with Gasteiger partial charge in [0.2, 0.25) is 0 Å². The molecule has 114 valence electrons. The molecule has 22 heavy (non-hydrogen) atoms. The largest absolute Gasteiger partial charge is 0.298 e. The van der Waals surface area contributed by atoms with Crippen molar-refractivity contribution < 1.29 is 4.79 Å². The molecule has 0 aliphatic heterocycles. The molecule has 0 saturated heterocycles. The minimum Gasteiger partial charge on any atom is -0.298 e. The van der Waals surface area contributed by atoms with E-state index in [2.05, 4.69) is 28.8 Å². The normalized spacial score (nSPS) is 11.0. The highest BCUT2D eigenvalue weighted by molar-refractivity contribution is 5.94. The number of carbonyl (C=O) groups is 1. The zero-order valence-corrected chi connectivity index (χ0v) is 12.8. The Hall–Kier alpha value is -2.62. The van der Waals surface area contributed by atoms with Gasteiger partial charge in [-0.2, -0.15) is 0 Å². The van der Waals surface area contributed by atoms with Gasteiger partial charge in [0.1, 0.15) is 0 Å². The number of hydrogen-bond donors (Lipinski definition) is 2. The Balaban J connectivity index is 2.04. The van der Waals surface area contributed by atoms with Crippen LogP contribution in [0, 0.1) is 0 Å². The molecule has 1 heterocycles. The molecule has 0 unspecified atom stereocenters. The molecule has 0 aliphatic rings. The van der Waals surface area contributed by atoms with Crippen LogP contribution in [0.4, 0.5) is 0 Å². The quantitative estimate of drug-likeness (QED) is 0.607. The first-order valence-electron chi connectivity index (χ1n) is 7.53. The Bertz CT molecular complexity index is 609. The molecule has 0 radical (unpaired) electrons. The lowest BCUT2D eigenvalue weighted by atomic mass is 10.1. The van der Waals surface area contributed by atoms with Gasteiger partial charge in [-0.25, -0.2) is 0 Å². The Kier molecular flexibility index (Phi) is 6.18. The Morgan fingerprint density at radius 3 is 2.55 bits per heavy atom. The SMILES string of the molecule is CCCC/C=C(\NNC(=O)c1cccnc1)c1ccccc1. The first-order valence-corrected chi connectivity index (χ1v) is 7.53. The average Bonchev–Trinajstić information content (AvgIpc) is 2.59. The Morgan fingerprint density at radius 2 is 1.86 bits per heavy atom. The van der Waals surface area contributed by atoms with E-state index in [1.807, 2.05) is 30.3 Å². The van der Waals surface area contributed by atoms with E-state index in [9.17, 15) is 4.79 Å². The standard InChI is InChI=1S/C18H21N3O/c1-2-3-5-12-17(15-9-6-4-7-10-15)20-21-18(22)16-11-8-13-19-14-16/h4,6-14,20H,2-3,5H2,1H3,(H,21,22)/b17-12-. The van der Waals surface area contributed by atoms with Crippen molar-refractivity contribution in [1.82, 2.24) is 15.8 Å². The van der Waals surface area contributed by atoms with Gasteiger partial charge < -0.3 is 0 Å². The van der Waals surface area contributed by atoms with Crippen LogP contribution in [-0.2, 0) is 0 Å². The molecule has 2 rings (SSSR count). The van der Waals surface area contributed by atoms with E-state index < -0.39 is 0 Å². The molecule has 0 fully saturated rings. The summed E-state index contributed by atoms with van der Waals surface area (Å²) in [6, 6.07) is 13.4. The van der Waals surface area contributed by atoms with Crippen LogP contribution in [0.15, 0.2) is 60.9 Å². The van der Waals surface area contributed by atoms with Crippen molar-refractivity contribution in [2.45, 2.75) is 26.2 Å². The molecule has 1 amide bonds. The van der Waals surface area contributed by atoms with E-state index in [0.717, 1.165) is 30.5 Å². The number of amides is 1. The lowest BCUT2D eigenvalue weighted by Gasteiger charge is -2.13. The maximum atomic E-state index is 12.1. The van der Waals surface area contributed by atoms with Gasteiger partial charge in [-0.05, 0) is 30.5 Å². The third kappa shape index (κ3) is 4.74. The lowest BCUT2D eigenvalue weighted by Crippen LogP contribution is -2.36. The fraction of sp³-hybridized carbons (Fsp3) is 0.222. The van der Waals surface area contributed by atoms with E-state index in [1.165, 1.54) is 0 Å². The zero-order chi connectivity index (χ0) is 15.6. The second-order valence-electron chi connectivity index (χ2n) is 4.95. The molecule has 0 atom stereocenters. The summed E-state index contributed by atoms with van der Waals surface area (Å²) in [6.45, 7) is 2.16. The second kappa shape index (κ2) is 8.62. The number of allylic oxidation sites excluding steroid dienone is 1. The molecule has 4 nitrogen and oxygen atoms in total. The summed E-state index contributed by atoms with van der Waals surface area (Å²) in [5.74, 6) is -0.203. The zero-order valence-electron chi connectivity index (χ0n) is 12.8. The number of hydrogen-bond acceptors (Lipinski definition) is 3. The summed E-state index contributed by atoms with van der Waals surface area (Å²) in [5, 5.41) is 0. The number of pyridine rings is 1. The van der Waals surface area contributed by atoms with Gasteiger partial charge in [0, 0.05) is 12.4 Å². The summed E-state index contributed by atoms with van der Waals surface area (Å²) in [4.78, 5) is 16.0. The smallest absolute Gasteiger partial charge is 0.271 e. The predicted molar refractivity (Wildman–Crippen MR) is 88.8 cm³/mol. The summed E-state index contributed by atoms with van der Waals surface area (Å²) in [7, 11) is 0. The molecule has 1 aromatic heterocycles. The number of nitrogens with one attached hydrogen (secondary N) is 2. The van der Waals surface area contributed by atoms with Crippen LogP contribution >= 0.6 is 0 Å². The van der Waals surface area contributed by atoms with E-state index in [4.69, 9.17) is 0 Å². The third-order valence-electron chi connectivity index (χ3n) is 3.23. The van der Waals surface area contributed by atoms with Crippen molar-refractivity contribution >= 4 is 11.6 Å². The van der Waals surface area contributed by atoms with E-state index >= 15 is 0 Å². The van der Waals surface area contributed by atoms with Crippen LogP contribution < -0.4 is 10.9 Å². The monoisotopic (exact) mass is 295 g/mol. The average molecular weight is 295 g/mol. The van der Waals surface area contributed by atoms with E-state index in [0.29, 0.717) is 5.56 Å². The number of carbonyl (C=O) groups excluding carboxylic acids is 1. The highest BCUT2D eigenvalue weighted by Gasteiger charge is 2.06. The van der Waals surface area contributed by atoms with Gasteiger partial charge in [0.25, 0.3) is 5.91 Å². The van der Waals surface area contributed by atoms with Crippen LogP contribution in [0.3, 0.4) is 0 Å². The van der Waals surface area contributed by atoms with Crippen molar-refractivity contribution in [3.8, 4) is 0 Å². The van der Waals surface area contributed by atoms with Crippen LogP contribution in [-0.4, -0.2) is 10.9 Å². The molecule has 2 N–H and O–H groups in total. The number of benzene rings is 1. The van der Waals surface area contributed by atoms with Crippen molar-refractivity contribution in [2.75, 3.05) is 0 Å². The summed E-state index contributed by atoms with van der Waals surface area (Å²) in [6.07, 6.45) is 8.53. The lowest BCUT2D eigenvalue weighted by molar-refractivity contribution is 0.0942. The molecular weight excluding hydrogens is 274 g/mol. The van der Waals surface area contributed by atoms with Crippen LogP contribution in [0.5, 0.6) is 0 Å². The van der Waals surface area contributed by atoms with Crippen molar-refractivity contribution in [3.63, 3.8) is 0 Å². The Labute approximate surface area is 131 Å². The van der Waals surface area contributed by atoms with Gasteiger partial charge >= 0.3 is 0 Å². The van der Waals surface area contributed by atoms with Crippen molar-refractivity contribution in [2.24, 2.45) is 0 Å². The first-order chi connectivity index (χ1) is 10.8. The summed E-state index contributed by atoms with van der Waals surface area (Å²) >= 11 is 0. The first kappa shape index (κ1) is 15.8. The van der Waals surface area contributed by atoms with Crippen molar-refractivity contribution in [1.29, 1.82) is 0 Å². The van der Waals surface area contributed by atoms with Gasteiger partial charge in [-0.3, -0.25) is 20.6 Å². The molecular formula is C18H21N3O. The van der Waals surface area contributed by atoms with E-state index in [1.54, 1.807) is 24.5 Å². The van der Waals surface area contributed by atoms with Crippen molar-refractivity contribution in [3.05, 3.63) is 72.1 Å². The summed E-state index contributed by atoms with van der Waals surface area (Å²) < 4.78 is 0. The minimum atomic E-state index is -0.203. The second-order valence-corrected chi connectivity index (χ2v) is 4.95. The molecule has 2 aromatic rings. The molecule has 4 heteroatoms. The number of unbranched alkanes of at least 4 members (excludes halogenated alkanes) is 2. The Morgan fingerprint density at radius 1 is 1.09 bits per heavy atom. The highest BCUT2D eigenvalue weighted by atomic mass is 16.2. The van der Waals surface area contributed by atoms with Gasteiger partial charge in [0.05, 0.1) is 11.3 Å². The molecule has 0 bridgehead atoms. The number of rotatable bonds is 7. The molecule has 1 aromatic carbocycles. The topological polar surface area (TPSA) is 54.0 Å². The molecule has 0 aliphatic carbocycles. The maximum absolute atomic E-state index is 12.1. The van der Waals surface area contributed by atoms with Crippen LogP contribution in [0.25, 0.3) is 5.70 Å². The van der Waals surface area contributed by atoms with Gasteiger partial charge in [-0.1, -0.05) is 49.8 Å². The molecule has 0 spiro atoms. The fourth-order valence-electron chi connectivity index (χ4n) is 2.00. The number of nitrogens with zero attached hydrogens (tertiary/aromatic N) is 1. The van der Waals surface area contributed by atoms with Crippen LogP contribution in [0.2, 0.25) is 0 Å². The maximum Gasteiger partial charge on any atom is 0.271 e.